The smallest absolute Gasteiger partial charge is 0.261 e. The molecule has 0 spiro atoms. The number of nitrogens with one attached hydrogen (secondary N) is 1. The van der Waals surface area contributed by atoms with Crippen LogP contribution in [0.15, 0.2) is 60.0 Å². The number of benzene rings is 2. The van der Waals surface area contributed by atoms with Crippen molar-refractivity contribution in [3.8, 4) is 11.4 Å². The van der Waals surface area contributed by atoms with Gasteiger partial charge in [-0.3, -0.25) is 4.72 Å². The van der Waals surface area contributed by atoms with Gasteiger partial charge < -0.3 is 4.74 Å². The van der Waals surface area contributed by atoms with Crippen LogP contribution in [-0.2, 0) is 10.0 Å². The van der Waals surface area contributed by atoms with Gasteiger partial charge in [-0.15, -0.1) is 0 Å². The van der Waals surface area contributed by atoms with Gasteiger partial charge in [-0.05, 0) is 49.4 Å². The Bertz CT molecular complexity index is 958. The second kappa shape index (κ2) is 7.12. The van der Waals surface area contributed by atoms with E-state index < -0.39 is 10.0 Å². The number of hydrogen-bond acceptors (Lipinski definition) is 5. The first-order valence-corrected chi connectivity index (χ1v) is 9.26. The van der Waals surface area contributed by atoms with Gasteiger partial charge >= 0.3 is 0 Å². The van der Waals surface area contributed by atoms with Gasteiger partial charge in [0.2, 0.25) is 0 Å². The lowest BCUT2D eigenvalue weighted by Crippen LogP contribution is -2.15. The Morgan fingerprint density at radius 3 is 2.60 bits per heavy atom. The molecule has 0 amide bonds. The highest BCUT2D eigenvalue weighted by molar-refractivity contribution is 7.92. The summed E-state index contributed by atoms with van der Waals surface area (Å²) in [5.74, 6) is 0.604. The average Bonchev–Trinajstić information content (AvgIpc) is 3.10. The lowest BCUT2D eigenvalue weighted by atomic mass is 10.3. The Hall–Kier alpha value is -2.58. The molecule has 25 heavy (non-hydrogen) atoms. The highest BCUT2D eigenvalue weighted by Gasteiger charge is 2.17. The number of anilines is 1. The molecule has 7 nitrogen and oxygen atoms in total. The summed E-state index contributed by atoms with van der Waals surface area (Å²) in [6.45, 7) is 2.37. The van der Waals surface area contributed by atoms with Crippen LogP contribution < -0.4 is 9.46 Å². The van der Waals surface area contributed by atoms with Gasteiger partial charge in [-0.1, -0.05) is 11.6 Å². The number of hydrogen-bond donors (Lipinski definition) is 1. The third-order valence-corrected chi connectivity index (χ3v) is 4.93. The fourth-order valence-electron chi connectivity index (χ4n) is 2.21. The maximum Gasteiger partial charge on any atom is 0.261 e. The molecule has 0 aliphatic rings. The normalized spacial score (nSPS) is 11.3. The van der Waals surface area contributed by atoms with E-state index >= 15 is 0 Å². The molecule has 0 atom stereocenters. The Balaban J connectivity index is 1.94. The lowest BCUT2D eigenvalue weighted by Gasteiger charge is -2.13. The fourth-order valence-corrected chi connectivity index (χ4v) is 3.45. The quantitative estimate of drug-likeness (QED) is 0.712. The highest BCUT2D eigenvalue weighted by atomic mass is 35.5. The molecule has 0 radical (unpaired) electrons. The Labute approximate surface area is 150 Å². The SMILES string of the molecule is CCOc1ccc(S(=O)(=O)Nc2cc(Cl)ccc2-n2cncn2)cc1. The first kappa shape index (κ1) is 17.2. The minimum atomic E-state index is -3.80. The number of ether oxygens (including phenoxy) is 1. The molecule has 0 fully saturated rings. The number of halogens is 1. The molecule has 3 rings (SSSR count). The van der Waals surface area contributed by atoms with Gasteiger partial charge in [0, 0.05) is 5.02 Å². The molecule has 0 saturated heterocycles. The Morgan fingerprint density at radius 2 is 1.96 bits per heavy atom. The van der Waals surface area contributed by atoms with Crippen molar-refractivity contribution in [2.24, 2.45) is 0 Å². The van der Waals surface area contributed by atoms with Crippen LogP contribution in [0.3, 0.4) is 0 Å². The minimum Gasteiger partial charge on any atom is -0.494 e. The third kappa shape index (κ3) is 3.92. The second-order valence-electron chi connectivity index (χ2n) is 5.01. The van der Waals surface area contributed by atoms with Crippen molar-refractivity contribution in [3.63, 3.8) is 0 Å². The number of aromatic nitrogens is 3. The van der Waals surface area contributed by atoms with Gasteiger partial charge in [0.05, 0.1) is 22.9 Å². The predicted molar refractivity (Wildman–Crippen MR) is 94.8 cm³/mol. The largest absolute Gasteiger partial charge is 0.494 e. The molecule has 130 valence electrons. The minimum absolute atomic E-state index is 0.112. The number of sulfonamides is 1. The topological polar surface area (TPSA) is 86.1 Å². The van der Waals surface area contributed by atoms with Gasteiger partial charge in [-0.25, -0.2) is 18.1 Å². The molecule has 9 heteroatoms. The maximum absolute atomic E-state index is 12.7. The second-order valence-corrected chi connectivity index (χ2v) is 7.13. The summed E-state index contributed by atoms with van der Waals surface area (Å²) in [6, 6.07) is 11.0. The van der Waals surface area contributed by atoms with Gasteiger partial charge in [0.1, 0.15) is 18.4 Å². The zero-order valence-corrected chi connectivity index (χ0v) is 14.8. The van der Waals surface area contributed by atoms with Crippen molar-refractivity contribution in [1.82, 2.24) is 14.8 Å². The van der Waals surface area contributed by atoms with E-state index in [2.05, 4.69) is 14.8 Å². The zero-order chi connectivity index (χ0) is 17.9. The van der Waals surface area contributed by atoms with Gasteiger partial charge in [0.15, 0.2) is 0 Å². The van der Waals surface area contributed by atoms with Crippen molar-refractivity contribution in [2.45, 2.75) is 11.8 Å². The lowest BCUT2D eigenvalue weighted by molar-refractivity contribution is 0.340. The molecule has 0 aliphatic heterocycles. The summed E-state index contributed by atoms with van der Waals surface area (Å²) in [7, 11) is -3.80. The van der Waals surface area contributed by atoms with Gasteiger partial charge in [-0.2, -0.15) is 5.10 Å². The Morgan fingerprint density at radius 1 is 1.20 bits per heavy atom. The summed E-state index contributed by atoms with van der Waals surface area (Å²) in [5, 5.41) is 4.42. The number of nitrogens with zero attached hydrogens (tertiary/aromatic N) is 3. The van der Waals surface area contributed by atoms with Crippen molar-refractivity contribution < 1.29 is 13.2 Å². The predicted octanol–water partition coefficient (Wildman–Crippen LogP) is 3.12. The first-order chi connectivity index (χ1) is 12.0. The molecule has 1 aromatic heterocycles. The highest BCUT2D eigenvalue weighted by Crippen LogP contribution is 2.27. The maximum atomic E-state index is 12.7. The van der Waals surface area contributed by atoms with Crippen molar-refractivity contribution in [3.05, 3.63) is 60.1 Å². The summed E-state index contributed by atoms with van der Waals surface area (Å²) < 4.78 is 34.6. The molecule has 0 saturated carbocycles. The monoisotopic (exact) mass is 378 g/mol. The number of rotatable bonds is 6. The molecule has 2 aromatic carbocycles. The summed E-state index contributed by atoms with van der Waals surface area (Å²) in [4.78, 5) is 3.98. The summed E-state index contributed by atoms with van der Waals surface area (Å²) in [5.41, 5.74) is 0.809. The first-order valence-electron chi connectivity index (χ1n) is 7.40. The van der Waals surface area contributed by atoms with Crippen molar-refractivity contribution in [1.29, 1.82) is 0 Å². The van der Waals surface area contributed by atoms with E-state index in [-0.39, 0.29) is 4.90 Å². The molecular weight excluding hydrogens is 364 g/mol. The van der Waals surface area contributed by atoms with Crippen molar-refractivity contribution in [2.75, 3.05) is 11.3 Å². The average molecular weight is 379 g/mol. The van der Waals surface area contributed by atoms with Crippen LogP contribution in [0.4, 0.5) is 5.69 Å². The van der Waals surface area contributed by atoms with Crippen LogP contribution in [0.25, 0.3) is 5.69 Å². The molecular formula is C16H15ClN4O3S. The van der Waals surface area contributed by atoms with E-state index in [1.54, 1.807) is 24.3 Å². The molecule has 0 unspecified atom stereocenters. The van der Waals surface area contributed by atoms with E-state index in [1.165, 1.54) is 35.5 Å². The van der Waals surface area contributed by atoms with E-state index in [9.17, 15) is 8.42 Å². The van der Waals surface area contributed by atoms with E-state index in [1.807, 2.05) is 6.92 Å². The molecule has 0 aliphatic carbocycles. The molecule has 0 bridgehead atoms. The van der Waals surface area contributed by atoms with Crippen LogP contribution in [-0.4, -0.2) is 29.8 Å². The van der Waals surface area contributed by atoms with Crippen LogP contribution in [0.5, 0.6) is 5.75 Å². The summed E-state index contributed by atoms with van der Waals surface area (Å²) in [6.07, 6.45) is 2.83. The van der Waals surface area contributed by atoms with Crippen molar-refractivity contribution >= 4 is 27.3 Å². The summed E-state index contributed by atoms with van der Waals surface area (Å²) >= 11 is 6.01. The molecule has 3 aromatic rings. The van der Waals surface area contributed by atoms with Crippen LogP contribution >= 0.6 is 11.6 Å². The molecule has 1 N–H and O–H groups in total. The standard InChI is InChI=1S/C16H15ClN4O3S/c1-2-24-13-4-6-14(7-5-13)25(22,23)20-15-9-12(17)3-8-16(15)21-11-18-10-19-21/h3-11,20H,2H2,1H3. The Kier molecular flexibility index (Phi) is 4.91. The molecule has 1 heterocycles. The van der Waals surface area contributed by atoms with Gasteiger partial charge in [0.25, 0.3) is 10.0 Å². The van der Waals surface area contributed by atoms with Crippen LogP contribution in [0.1, 0.15) is 6.92 Å². The van der Waals surface area contributed by atoms with Crippen LogP contribution in [0, 0.1) is 0 Å². The fraction of sp³-hybridized carbons (Fsp3) is 0.125. The third-order valence-electron chi connectivity index (χ3n) is 3.31. The zero-order valence-electron chi connectivity index (χ0n) is 13.3. The van der Waals surface area contributed by atoms with Crippen LogP contribution in [0.2, 0.25) is 5.02 Å². The van der Waals surface area contributed by atoms with E-state index in [4.69, 9.17) is 16.3 Å². The van der Waals surface area contributed by atoms with E-state index in [0.717, 1.165) is 0 Å². The van der Waals surface area contributed by atoms with E-state index in [0.29, 0.717) is 28.8 Å².